The summed E-state index contributed by atoms with van der Waals surface area (Å²) in [6.45, 7) is 0. The summed E-state index contributed by atoms with van der Waals surface area (Å²) in [6.07, 6.45) is 6.04. The number of halogens is 1. The van der Waals surface area contributed by atoms with E-state index in [1.165, 1.54) is 25.7 Å². The minimum Gasteiger partial charge on any atom is -0.356 e. The van der Waals surface area contributed by atoms with E-state index in [9.17, 15) is 0 Å². The summed E-state index contributed by atoms with van der Waals surface area (Å²) in [7, 11) is 3.37. The zero-order chi connectivity index (χ0) is 9.23. The molecule has 0 unspecified atom stereocenters. The number of methoxy groups -OCH3 is 2. The molecule has 0 spiro atoms. The molecule has 0 aliphatic rings. The van der Waals surface area contributed by atoms with Gasteiger partial charge in [0.25, 0.3) is 0 Å². The van der Waals surface area contributed by atoms with Crippen LogP contribution in [0, 0.1) is 0 Å². The molecule has 0 aromatic carbocycles. The minimum absolute atomic E-state index is 0.00558. The van der Waals surface area contributed by atoms with E-state index in [2.05, 4.69) is 15.9 Å². The molecule has 0 N–H and O–H groups in total. The predicted octanol–water partition coefficient (Wildman–Crippen LogP) is 2.95. The molecule has 0 amide bonds. The molecule has 0 saturated heterocycles. The van der Waals surface area contributed by atoms with Gasteiger partial charge in [0.05, 0.1) is 0 Å². The van der Waals surface area contributed by atoms with E-state index in [0.29, 0.717) is 0 Å². The Labute approximate surface area is 83.8 Å². The molecule has 0 aromatic heterocycles. The highest BCUT2D eigenvalue weighted by Gasteiger charge is 2.02. The van der Waals surface area contributed by atoms with Gasteiger partial charge >= 0.3 is 0 Å². The molecule has 0 aromatic rings. The molecule has 0 aliphatic heterocycles. The van der Waals surface area contributed by atoms with Crippen LogP contribution in [0.4, 0.5) is 0 Å². The van der Waals surface area contributed by atoms with Crippen molar-refractivity contribution >= 4 is 15.9 Å². The first-order chi connectivity index (χ1) is 5.85. The van der Waals surface area contributed by atoms with Gasteiger partial charge in [-0.2, -0.15) is 0 Å². The van der Waals surface area contributed by atoms with Crippen molar-refractivity contribution in [2.75, 3.05) is 19.5 Å². The summed E-state index contributed by atoms with van der Waals surface area (Å²) >= 11 is 3.41. The highest BCUT2D eigenvalue weighted by atomic mass is 79.9. The fourth-order valence-corrected chi connectivity index (χ4v) is 1.49. The van der Waals surface area contributed by atoms with Crippen LogP contribution in [0.5, 0.6) is 0 Å². The molecule has 3 heteroatoms. The second-order valence-corrected chi connectivity index (χ2v) is 3.59. The molecule has 0 saturated carbocycles. The molecule has 0 bridgehead atoms. The Morgan fingerprint density at radius 2 is 1.58 bits per heavy atom. The van der Waals surface area contributed by atoms with Crippen LogP contribution in [0.3, 0.4) is 0 Å². The molecule has 74 valence electrons. The van der Waals surface area contributed by atoms with Crippen molar-refractivity contribution in [3.05, 3.63) is 0 Å². The maximum atomic E-state index is 5.07. The zero-order valence-corrected chi connectivity index (χ0v) is 9.60. The van der Waals surface area contributed by atoms with Crippen molar-refractivity contribution in [1.82, 2.24) is 0 Å². The van der Waals surface area contributed by atoms with Crippen LogP contribution in [0.1, 0.15) is 32.1 Å². The maximum absolute atomic E-state index is 5.07. The Hall–Kier alpha value is 0.400. The Bertz CT molecular complexity index is 84.6. The molecule has 0 radical (unpaired) electrons. The third-order valence-electron chi connectivity index (χ3n) is 1.85. The van der Waals surface area contributed by atoms with Gasteiger partial charge in [0.2, 0.25) is 0 Å². The molecule has 0 fully saturated rings. The van der Waals surface area contributed by atoms with Gasteiger partial charge in [0, 0.05) is 19.5 Å². The highest BCUT2D eigenvalue weighted by Crippen LogP contribution is 2.08. The van der Waals surface area contributed by atoms with Crippen molar-refractivity contribution in [3.63, 3.8) is 0 Å². The molecule has 0 aliphatic carbocycles. The molecular weight excluding hydrogens is 220 g/mol. The summed E-state index contributed by atoms with van der Waals surface area (Å²) < 4.78 is 10.1. The Morgan fingerprint density at radius 3 is 2.08 bits per heavy atom. The number of ether oxygens (including phenoxy) is 2. The lowest BCUT2D eigenvalue weighted by atomic mass is 10.1. The molecule has 2 nitrogen and oxygen atoms in total. The summed E-state index contributed by atoms with van der Waals surface area (Å²) in [5, 5.41) is 1.12. The Morgan fingerprint density at radius 1 is 1.00 bits per heavy atom. The van der Waals surface area contributed by atoms with E-state index < -0.39 is 0 Å². The lowest BCUT2D eigenvalue weighted by Crippen LogP contribution is -2.12. The Kier molecular flexibility index (Phi) is 9.80. The van der Waals surface area contributed by atoms with Gasteiger partial charge in [0.15, 0.2) is 6.29 Å². The van der Waals surface area contributed by atoms with E-state index in [-0.39, 0.29) is 6.29 Å². The van der Waals surface area contributed by atoms with E-state index in [1.54, 1.807) is 14.2 Å². The van der Waals surface area contributed by atoms with Gasteiger partial charge < -0.3 is 9.47 Å². The molecule has 12 heavy (non-hydrogen) atoms. The van der Waals surface area contributed by atoms with Crippen molar-refractivity contribution in [1.29, 1.82) is 0 Å². The minimum atomic E-state index is -0.00558. The first-order valence-electron chi connectivity index (χ1n) is 4.46. The van der Waals surface area contributed by atoms with E-state index in [1.807, 2.05) is 0 Å². The van der Waals surface area contributed by atoms with E-state index in [0.717, 1.165) is 11.8 Å². The summed E-state index contributed by atoms with van der Waals surface area (Å²) in [4.78, 5) is 0. The van der Waals surface area contributed by atoms with Crippen LogP contribution in [-0.4, -0.2) is 25.8 Å². The van der Waals surface area contributed by atoms with Gasteiger partial charge in [-0.25, -0.2) is 0 Å². The number of unbranched alkanes of at least 4 members (excludes halogenated alkanes) is 3. The average molecular weight is 239 g/mol. The smallest absolute Gasteiger partial charge is 0.156 e. The van der Waals surface area contributed by atoms with Gasteiger partial charge in [-0.3, -0.25) is 0 Å². The Balaban J connectivity index is 3.06. The number of rotatable bonds is 8. The van der Waals surface area contributed by atoms with Crippen molar-refractivity contribution in [3.8, 4) is 0 Å². The quantitative estimate of drug-likeness (QED) is 0.368. The molecule has 0 rings (SSSR count). The molecule has 0 heterocycles. The van der Waals surface area contributed by atoms with Gasteiger partial charge in [-0.05, 0) is 19.3 Å². The molecular formula is C9H19BrO2. The summed E-state index contributed by atoms with van der Waals surface area (Å²) in [5.74, 6) is 0. The second-order valence-electron chi connectivity index (χ2n) is 2.79. The monoisotopic (exact) mass is 238 g/mol. The average Bonchev–Trinajstić information content (AvgIpc) is 2.11. The fraction of sp³-hybridized carbons (Fsp3) is 1.00. The SMILES string of the molecule is COC(CCCCCCBr)OC. The van der Waals surface area contributed by atoms with Crippen LogP contribution in [-0.2, 0) is 9.47 Å². The zero-order valence-electron chi connectivity index (χ0n) is 8.01. The van der Waals surface area contributed by atoms with Crippen molar-refractivity contribution in [2.45, 2.75) is 38.4 Å². The normalized spacial score (nSPS) is 11.0. The lowest BCUT2D eigenvalue weighted by molar-refractivity contribution is -0.107. The first kappa shape index (κ1) is 12.4. The van der Waals surface area contributed by atoms with E-state index >= 15 is 0 Å². The lowest BCUT2D eigenvalue weighted by Gasteiger charge is -2.12. The van der Waals surface area contributed by atoms with Crippen LogP contribution in [0.15, 0.2) is 0 Å². The fourth-order valence-electron chi connectivity index (χ4n) is 1.09. The van der Waals surface area contributed by atoms with Crippen LogP contribution in [0.25, 0.3) is 0 Å². The van der Waals surface area contributed by atoms with E-state index in [4.69, 9.17) is 9.47 Å². The maximum Gasteiger partial charge on any atom is 0.156 e. The van der Waals surface area contributed by atoms with Crippen LogP contribution < -0.4 is 0 Å². The number of alkyl halides is 1. The first-order valence-corrected chi connectivity index (χ1v) is 5.58. The number of hydrogen-bond donors (Lipinski definition) is 0. The van der Waals surface area contributed by atoms with Crippen LogP contribution >= 0.6 is 15.9 Å². The predicted molar refractivity (Wildman–Crippen MR) is 54.7 cm³/mol. The summed E-state index contributed by atoms with van der Waals surface area (Å²) in [5.41, 5.74) is 0. The highest BCUT2D eigenvalue weighted by molar-refractivity contribution is 9.09. The number of hydrogen-bond acceptors (Lipinski definition) is 2. The topological polar surface area (TPSA) is 18.5 Å². The van der Waals surface area contributed by atoms with Gasteiger partial charge in [-0.1, -0.05) is 28.8 Å². The van der Waals surface area contributed by atoms with Crippen LogP contribution in [0.2, 0.25) is 0 Å². The van der Waals surface area contributed by atoms with Gasteiger partial charge in [-0.15, -0.1) is 0 Å². The standard InChI is InChI=1S/C9H19BrO2/c1-11-9(12-2)7-5-3-4-6-8-10/h9H,3-8H2,1-2H3. The third kappa shape index (κ3) is 7.07. The largest absolute Gasteiger partial charge is 0.356 e. The van der Waals surface area contributed by atoms with Crippen molar-refractivity contribution in [2.24, 2.45) is 0 Å². The summed E-state index contributed by atoms with van der Waals surface area (Å²) in [6, 6.07) is 0. The van der Waals surface area contributed by atoms with Crippen molar-refractivity contribution < 1.29 is 9.47 Å². The second kappa shape index (κ2) is 9.49. The molecule has 0 atom stereocenters. The third-order valence-corrected chi connectivity index (χ3v) is 2.41. The van der Waals surface area contributed by atoms with Gasteiger partial charge in [0.1, 0.15) is 0 Å².